The van der Waals surface area contributed by atoms with E-state index in [1.807, 2.05) is 0 Å². The minimum atomic E-state index is 0.183. The number of hydrogen-bond acceptors (Lipinski definition) is 3. The topological polar surface area (TPSA) is 44.4 Å². The lowest BCUT2D eigenvalue weighted by atomic mass is 9.79. The molecule has 1 atom stereocenters. The minimum Gasteiger partial charge on any atom is -0.359 e. The van der Waals surface area contributed by atoms with Crippen LogP contribution in [0.2, 0.25) is 0 Å². The van der Waals surface area contributed by atoms with Crippen LogP contribution in [0.5, 0.6) is 0 Å². The third kappa shape index (κ3) is 3.95. The summed E-state index contributed by atoms with van der Waals surface area (Å²) in [5.41, 5.74) is 0.399. The Morgan fingerprint density at radius 1 is 1.25 bits per heavy atom. The van der Waals surface area contributed by atoms with Gasteiger partial charge in [0, 0.05) is 37.1 Å². The van der Waals surface area contributed by atoms with E-state index < -0.39 is 0 Å². The maximum atomic E-state index is 11.5. The molecule has 2 rings (SSSR count). The van der Waals surface area contributed by atoms with Crippen LogP contribution < -0.4 is 10.6 Å². The molecule has 0 aromatic heterocycles. The van der Waals surface area contributed by atoms with Crippen molar-refractivity contribution in [2.24, 2.45) is 5.92 Å². The summed E-state index contributed by atoms with van der Waals surface area (Å²) in [4.78, 5) is 14.1. The zero-order valence-corrected chi connectivity index (χ0v) is 13.8. The molecular formula is C16H31N3O. The van der Waals surface area contributed by atoms with Gasteiger partial charge in [0.2, 0.25) is 5.91 Å². The Bertz CT molecular complexity index is 349. The average molecular weight is 281 g/mol. The van der Waals surface area contributed by atoms with Crippen LogP contribution in [0.25, 0.3) is 0 Å². The van der Waals surface area contributed by atoms with E-state index in [1.54, 1.807) is 7.05 Å². The molecule has 4 heteroatoms. The second-order valence-electron chi connectivity index (χ2n) is 7.98. The molecule has 0 spiro atoms. The summed E-state index contributed by atoms with van der Waals surface area (Å²) in [7, 11) is 1.73. The van der Waals surface area contributed by atoms with E-state index in [1.165, 1.54) is 12.8 Å². The second kappa shape index (κ2) is 5.64. The maximum Gasteiger partial charge on any atom is 0.220 e. The highest BCUT2D eigenvalue weighted by Crippen LogP contribution is 2.34. The van der Waals surface area contributed by atoms with Crippen LogP contribution in [0.1, 0.15) is 53.4 Å². The van der Waals surface area contributed by atoms with E-state index in [2.05, 4.69) is 43.2 Å². The number of amides is 1. The predicted molar refractivity (Wildman–Crippen MR) is 82.7 cm³/mol. The Balaban J connectivity index is 1.94. The molecule has 0 radical (unpaired) electrons. The second-order valence-corrected chi connectivity index (χ2v) is 7.98. The molecule has 0 bridgehead atoms. The van der Waals surface area contributed by atoms with Crippen molar-refractivity contribution in [3.8, 4) is 0 Å². The summed E-state index contributed by atoms with van der Waals surface area (Å²) >= 11 is 0. The van der Waals surface area contributed by atoms with E-state index >= 15 is 0 Å². The monoisotopic (exact) mass is 281 g/mol. The fraction of sp³-hybridized carbons (Fsp3) is 0.938. The van der Waals surface area contributed by atoms with Crippen LogP contribution in [0.15, 0.2) is 0 Å². The highest BCUT2D eigenvalue weighted by atomic mass is 16.1. The van der Waals surface area contributed by atoms with Gasteiger partial charge < -0.3 is 10.6 Å². The summed E-state index contributed by atoms with van der Waals surface area (Å²) in [5.74, 6) is 0.721. The van der Waals surface area contributed by atoms with Gasteiger partial charge in [-0.1, -0.05) is 0 Å². The van der Waals surface area contributed by atoms with E-state index in [0.29, 0.717) is 18.4 Å². The van der Waals surface area contributed by atoms with Gasteiger partial charge in [-0.2, -0.15) is 0 Å². The molecule has 1 amide bonds. The van der Waals surface area contributed by atoms with Crippen LogP contribution in [-0.2, 0) is 4.79 Å². The lowest BCUT2D eigenvalue weighted by molar-refractivity contribution is -0.121. The Labute approximate surface area is 123 Å². The van der Waals surface area contributed by atoms with Crippen molar-refractivity contribution < 1.29 is 4.79 Å². The summed E-state index contributed by atoms with van der Waals surface area (Å²) < 4.78 is 0. The number of piperidine rings is 1. The summed E-state index contributed by atoms with van der Waals surface area (Å²) in [6.07, 6.45) is 4.25. The first-order valence-corrected chi connectivity index (χ1v) is 7.95. The summed E-state index contributed by atoms with van der Waals surface area (Å²) in [6.45, 7) is 11.5. The molecule has 0 aromatic carbocycles. The van der Waals surface area contributed by atoms with E-state index in [9.17, 15) is 4.79 Å². The Kier molecular flexibility index (Phi) is 4.45. The molecule has 0 aromatic rings. The zero-order chi connectivity index (χ0) is 15.0. The molecule has 116 valence electrons. The van der Waals surface area contributed by atoms with Gasteiger partial charge in [0.1, 0.15) is 0 Å². The molecule has 0 saturated carbocycles. The average Bonchev–Trinajstić information content (AvgIpc) is 2.73. The summed E-state index contributed by atoms with van der Waals surface area (Å²) in [5, 5.41) is 6.49. The molecule has 2 aliphatic heterocycles. The number of rotatable bonds is 3. The molecule has 2 fully saturated rings. The molecule has 0 aliphatic carbocycles. The Morgan fingerprint density at radius 3 is 2.40 bits per heavy atom. The van der Waals surface area contributed by atoms with Crippen molar-refractivity contribution in [1.82, 2.24) is 15.5 Å². The first kappa shape index (κ1) is 15.8. The quantitative estimate of drug-likeness (QED) is 0.828. The number of carbonyl (C=O) groups excluding carboxylic acids is 1. The van der Waals surface area contributed by atoms with Gasteiger partial charge in [0.15, 0.2) is 0 Å². The van der Waals surface area contributed by atoms with Gasteiger partial charge in [-0.25, -0.2) is 0 Å². The van der Waals surface area contributed by atoms with Crippen molar-refractivity contribution in [3.05, 3.63) is 0 Å². The van der Waals surface area contributed by atoms with Crippen LogP contribution in [0.4, 0.5) is 0 Å². The van der Waals surface area contributed by atoms with Crippen molar-refractivity contribution in [1.29, 1.82) is 0 Å². The molecular weight excluding hydrogens is 250 g/mol. The van der Waals surface area contributed by atoms with E-state index in [4.69, 9.17) is 0 Å². The van der Waals surface area contributed by atoms with Crippen molar-refractivity contribution in [2.45, 2.75) is 70.5 Å². The van der Waals surface area contributed by atoms with Crippen LogP contribution in [0.3, 0.4) is 0 Å². The molecule has 2 N–H and O–H groups in total. The third-order valence-corrected chi connectivity index (χ3v) is 4.76. The number of nitrogens with one attached hydrogen (secondary N) is 2. The molecule has 0 unspecified atom stereocenters. The maximum absolute atomic E-state index is 11.5. The number of nitrogens with zero attached hydrogens (tertiary/aromatic N) is 1. The zero-order valence-electron chi connectivity index (χ0n) is 13.8. The lowest BCUT2D eigenvalue weighted by Gasteiger charge is -2.49. The predicted octanol–water partition coefficient (Wildman–Crippen LogP) is 1.75. The van der Waals surface area contributed by atoms with E-state index in [-0.39, 0.29) is 17.0 Å². The van der Waals surface area contributed by atoms with Gasteiger partial charge in [0.05, 0.1) is 0 Å². The third-order valence-electron chi connectivity index (χ3n) is 4.76. The van der Waals surface area contributed by atoms with Crippen LogP contribution in [-0.4, -0.2) is 48.1 Å². The number of hydrogen-bond donors (Lipinski definition) is 2. The molecule has 2 aliphatic rings. The normalized spacial score (nSPS) is 30.4. The fourth-order valence-electron chi connectivity index (χ4n) is 4.25. The Morgan fingerprint density at radius 2 is 1.85 bits per heavy atom. The molecule has 20 heavy (non-hydrogen) atoms. The van der Waals surface area contributed by atoms with Crippen LogP contribution >= 0.6 is 0 Å². The van der Waals surface area contributed by atoms with Gasteiger partial charge in [-0.3, -0.25) is 9.69 Å². The highest BCUT2D eigenvalue weighted by Gasteiger charge is 2.41. The summed E-state index contributed by atoms with van der Waals surface area (Å²) in [6, 6.07) is 0.649. The largest absolute Gasteiger partial charge is 0.359 e. The SMILES string of the molecule is CNC(=O)C[C@@H]1CCN(C2CC(C)(C)NC(C)(C)C2)C1. The molecule has 4 nitrogen and oxygen atoms in total. The Hall–Kier alpha value is -0.610. The first-order valence-electron chi connectivity index (χ1n) is 7.95. The van der Waals surface area contributed by atoms with Gasteiger partial charge >= 0.3 is 0 Å². The van der Waals surface area contributed by atoms with Crippen LogP contribution in [0, 0.1) is 5.92 Å². The van der Waals surface area contributed by atoms with Gasteiger partial charge in [-0.05, 0) is 59.4 Å². The smallest absolute Gasteiger partial charge is 0.220 e. The van der Waals surface area contributed by atoms with Crippen molar-refractivity contribution in [2.75, 3.05) is 20.1 Å². The molecule has 2 saturated heterocycles. The number of likely N-dealkylation sites (tertiary alicyclic amines) is 1. The van der Waals surface area contributed by atoms with E-state index in [0.717, 1.165) is 19.5 Å². The highest BCUT2D eigenvalue weighted by molar-refractivity contribution is 5.75. The van der Waals surface area contributed by atoms with Crippen molar-refractivity contribution in [3.63, 3.8) is 0 Å². The standard InChI is InChI=1S/C16H31N3O/c1-15(2)9-13(10-16(3,4)18-15)19-7-6-12(11-19)8-14(20)17-5/h12-13,18H,6-11H2,1-5H3,(H,17,20)/t12-/m0/s1. The van der Waals surface area contributed by atoms with Gasteiger partial charge in [0.25, 0.3) is 0 Å². The molecule has 2 heterocycles. The lowest BCUT2D eigenvalue weighted by Crippen LogP contribution is -2.62. The minimum absolute atomic E-state index is 0.183. The fourth-order valence-corrected chi connectivity index (χ4v) is 4.25. The van der Waals surface area contributed by atoms with Crippen molar-refractivity contribution >= 4 is 5.91 Å². The first-order chi connectivity index (χ1) is 9.21. The van der Waals surface area contributed by atoms with Gasteiger partial charge in [-0.15, -0.1) is 0 Å². The number of carbonyl (C=O) groups is 1.